The third-order valence-electron chi connectivity index (χ3n) is 5.94. The average molecular weight is 487 g/mol. The van der Waals surface area contributed by atoms with E-state index < -0.39 is 4.92 Å². The number of nitrogens with one attached hydrogen (secondary N) is 1. The molecule has 1 aliphatic heterocycles. The molecule has 0 radical (unpaired) electrons. The van der Waals surface area contributed by atoms with Crippen LogP contribution in [-0.2, 0) is 4.79 Å². The van der Waals surface area contributed by atoms with Gasteiger partial charge in [-0.25, -0.2) is 0 Å². The average Bonchev–Trinajstić information content (AvgIpc) is 2.89. The first-order valence-corrected chi connectivity index (χ1v) is 11.8. The molecule has 0 aliphatic carbocycles. The minimum atomic E-state index is -0.466. The van der Waals surface area contributed by atoms with Crippen molar-refractivity contribution in [3.8, 4) is 0 Å². The zero-order chi connectivity index (χ0) is 24.6. The molecule has 0 atom stereocenters. The van der Waals surface area contributed by atoms with Crippen LogP contribution >= 0.6 is 12.2 Å². The molecule has 1 aliphatic rings. The Morgan fingerprint density at radius 2 is 1.51 bits per heavy atom. The highest BCUT2D eigenvalue weighted by Gasteiger charge is 2.27. The Hall–Kier alpha value is -3.88. The molecule has 3 aromatic rings. The molecule has 1 N–H and O–H groups in total. The third-order valence-corrected chi connectivity index (χ3v) is 6.30. The number of nitro groups is 1. The molecular formula is C27H26N4O3S. The molecule has 1 amide bonds. The van der Waals surface area contributed by atoms with Crippen molar-refractivity contribution in [2.75, 3.05) is 26.2 Å². The molecule has 0 spiro atoms. The molecule has 3 aromatic carbocycles. The molecule has 0 unspecified atom stereocenters. The molecule has 0 saturated carbocycles. The predicted molar refractivity (Wildman–Crippen MR) is 141 cm³/mol. The van der Waals surface area contributed by atoms with E-state index in [-0.39, 0.29) is 17.6 Å². The molecule has 1 heterocycles. The highest BCUT2D eigenvalue weighted by atomic mass is 32.1. The lowest BCUT2D eigenvalue weighted by Crippen LogP contribution is -2.53. The largest absolute Gasteiger partial charge is 0.346 e. The van der Waals surface area contributed by atoms with Crippen LogP contribution in [0.25, 0.3) is 6.08 Å². The Morgan fingerprint density at radius 1 is 0.914 bits per heavy atom. The predicted octanol–water partition coefficient (Wildman–Crippen LogP) is 4.42. The Bertz CT molecular complexity index is 1170. The Kier molecular flexibility index (Phi) is 7.97. The van der Waals surface area contributed by atoms with Gasteiger partial charge in [-0.1, -0.05) is 72.8 Å². The van der Waals surface area contributed by atoms with Gasteiger partial charge in [0, 0.05) is 44.4 Å². The number of hydrogen-bond donors (Lipinski definition) is 1. The van der Waals surface area contributed by atoms with Crippen LogP contribution < -0.4 is 5.32 Å². The van der Waals surface area contributed by atoms with E-state index in [0.717, 1.165) is 13.1 Å². The summed E-state index contributed by atoms with van der Waals surface area (Å²) in [5.74, 6) is -0.365. The lowest BCUT2D eigenvalue weighted by molar-refractivity contribution is -0.384. The Balaban J connectivity index is 1.35. The number of hydrogen-bond acceptors (Lipinski definition) is 5. The van der Waals surface area contributed by atoms with Crippen molar-refractivity contribution >= 4 is 35.0 Å². The molecule has 0 aromatic heterocycles. The lowest BCUT2D eigenvalue weighted by atomic mass is 9.96. The van der Waals surface area contributed by atoms with Crippen molar-refractivity contribution in [2.45, 2.75) is 6.04 Å². The van der Waals surface area contributed by atoms with Crippen molar-refractivity contribution < 1.29 is 9.72 Å². The number of piperazine rings is 1. The van der Waals surface area contributed by atoms with Crippen LogP contribution in [0, 0.1) is 10.1 Å². The summed E-state index contributed by atoms with van der Waals surface area (Å²) in [7, 11) is 0. The summed E-state index contributed by atoms with van der Waals surface area (Å²) in [6.07, 6.45) is 2.87. The number of nitrogens with zero attached hydrogens (tertiary/aromatic N) is 3. The maximum Gasteiger partial charge on any atom is 0.270 e. The first-order chi connectivity index (χ1) is 17.0. The second kappa shape index (κ2) is 11.5. The van der Waals surface area contributed by atoms with Crippen molar-refractivity contribution in [3.05, 3.63) is 118 Å². The van der Waals surface area contributed by atoms with E-state index in [2.05, 4.69) is 58.7 Å². The van der Waals surface area contributed by atoms with Crippen LogP contribution in [0.3, 0.4) is 0 Å². The highest BCUT2D eigenvalue weighted by molar-refractivity contribution is 7.80. The lowest BCUT2D eigenvalue weighted by Gasteiger charge is -2.40. The van der Waals surface area contributed by atoms with Gasteiger partial charge in [0.15, 0.2) is 5.11 Å². The quantitative estimate of drug-likeness (QED) is 0.241. The van der Waals surface area contributed by atoms with Crippen LogP contribution in [-0.4, -0.2) is 51.9 Å². The van der Waals surface area contributed by atoms with E-state index in [0.29, 0.717) is 23.8 Å². The maximum absolute atomic E-state index is 12.4. The number of carbonyl (C=O) groups is 1. The monoisotopic (exact) mass is 486 g/mol. The summed E-state index contributed by atoms with van der Waals surface area (Å²) >= 11 is 5.48. The van der Waals surface area contributed by atoms with Gasteiger partial charge >= 0.3 is 0 Å². The van der Waals surface area contributed by atoms with Gasteiger partial charge in [-0.2, -0.15) is 0 Å². The van der Waals surface area contributed by atoms with Crippen LogP contribution in [0.1, 0.15) is 22.7 Å². The molecule has 4 rings (SSSR count). The fourth-order valence-corrected chi connectivity index (χ4v) is 4.49. The molecule has 7 nitrogen and oxygen atoms in total. The van der Waals surface area contributed by atoms with E-state index in [4.69, 9.17) is 12.2 Å². The van der Waals surface area contributed by atoms with E-state index in [9.17, 15) is 14.9 Å². The van der Waals surface area contributed by atoms with Gasteiger partial charge in [0.05, 0.1) is 11.0 Å². The maximum atomic E-state index is 12.4. The Labute approximate surface area is 209 Å². The summed E-state index contributed by atoms with van der Waals surface area (Å²) in [5, 5.41) is 14.0. The van der Waals surface area contributed by atoms with E-state index in [1.54, 1.807) is 12.1 Å². The zero-order valence-corrected chi connectivity index (χ0v) is 19.9. The second-order valence-electron chi connectivity index (χ2n) is 8.23. The highest BCUT2D eigenvalue weighted by Crippen LogP contribution is 2.29. The first kappa shape index (κ1) is 24.3. The van der Waals surface area contributed by atoms with Gasteiger partial charge < -0.3 is 4.90 Å². The standard InChI is InChI=1S/C27H26N4O3S/c32-25(15-14-21-8-7-13-24(20-21)31(33)34)28-27(35)30-18-16-29(17-19-30)26(22-9-3-1-4-10-22)23-11-5-2-6-12-23/h1-15,20,26H,16-19H2,(H,28,32,35)/b15-14+. The van der Waals surface area contributed by atoms with Gasteiger partial charge in [-0.05, 0) is 35.0 Å². The van der Waals surface area contributed by atoms with Gasteiger partial charge in [0.2, 0.25) is 5.91 Å². The molecule has 8 heteroatoms. The summed E-state index contributed by atoms with van der Waals surface area (Å²) in [6.45, 7) is 3.00. The van der Waals surface area contributed by atoms with E-state index in [1.807, 2.05) is 17.0 Å². The SMILES string of the molecule is O=C(/C=C/c1cccc([N+](=O)[O-])c1)NC(=S)N1CCN(C(c2ccccc2)c2ccccc2)CC1. The fraction of sp³-hybridized carbons (Fsp3) is 0.185. The van der Waals surface area contributed by atoms with Gasteiger partial charge in [0.25, 0.3) is 5.69 Å². The van der Waals surface area contributed by atoms with Crippen LogP contribution in [0.15, 0.2) is 91.0 Å². The zero-order valence-electron chi connectivity index (χ0n) is 19.1. The van der Waals surface area contributed by atoms with E-state index in [1.165, 1.54) is 35.4 Å². The number of carbonyl (C=O) groups excluding carboxylic acids is 1. The molecule has 0 bridgehead atoms. The van der Waals surface area contributed by atoms with Crippen LogP contribution in [0.4, 0.5) is 5.69 Å². The van der Waals surface area contributed by atoms with Crippen molar-refractivity contribution in [3.63, 3.8) is 0 Å². The topological polar surface area (TPSA) is 78.7 Å². The van der Waals surface area contributed by atoms with E-state index >= 15 is 0 Å². The molecule has 1 fully saturated rings. The minimum absolute atomic E-state index is 0.0229. The molecule has 178 valence electrons. The summed E-state index contributed by atoms with van der Waals surface area (Å²) < 4.78 is 0. The number of nitro benzene ring substituents is 1. The normalized spacial score (nSPS) is 14.3. The first-order valence-electron chi connectivity index (χ1n) is 11.4. The molecule has 1 saturated heterocycles. The smallest absolute Gasteiger partial charge is 0.270 e. The van der Waals surface area contributed by atoms with Gasteiger partial charge in [-0.3, -0.25) is 25.1 Å². The minimum Gasteiger partial charge on any atom is -0.346 e. The number of rotatable bonds is 6. The number of thiocarbonyl (C=S) groups is 1. The molecular weight excluding hydrogens is 460 g/mol. The summed E-state index contributed by atoms with van der Waals surface area (Å²) in [4.78, 5) is 27.3. The molecule has 35 heavy (non-hydrogen) atoms. The van der Waals surface area contributed by atoms with Crippen LogP contribution in [0.5, 0.6) is 0 Å². The van der Waals surface area contributed by atoms with Crippen molar-refractivity contribution in [1.82, 2.24) is 15.1 Å². The van der Waals surface area contributed by atoms with Crippen molar-refractivity contribution in [1.29, 1.82) is 0 Å². The number of amides is 1. The number of non-ortho nitro benzene ring substituents is 1. The second-order valence-corrected chi connectivity index (χ2v) is 8.61. The fourth-order valence-electron chi connectivity index (χ4n) is 4.21. The summed E-state index contributed by atoms with van der Waals surface area (Å²) in [6, 6.07) is 27.2. The van der Waals surface area contributed by atoms with Gasteiger partial charge in [-0.15, -0.1) is 0 Å². The number of benzene rings is 3. The summed E-state index contributed by atoms with van der Waals surface area (Å²) in [5.41, 5.74) is 3.04. The van der Waals surface area contributed by atoms with Gasteiger partial charge in [0.1, 0.15) is 0 Å². The Morgan fingerprint density at radius 3 is 2.09 bits per heavy atom. The van der Waals surface area contributed by atoms with Crippen molar-refractivity contribution in [2.24, 2.45) is 0 Å². The third kappa shape index (κ3) is 6.38. The van der Waals surface area contributed by atoms with Crippen LogP contribution in [0.2, 0.25) is 0 Å².